The molecule has 0 N–H and O–H groups in total. The number of nitrogens with zero attached hydrogens (tertiary/aromatic N) is 1. The molecule has 2 fully saturated rings. The minimum atomic E-state index is -4.15. The molecule has 222 valence electrons. The monoisotopic (exact) mass is 635 g/mol. The summed E-state index contributed by atoms with van der Waals surface area (Å²) in [5.41, 5.74) is 1.88. The fourth-order valence-electron chi connectivity index (χ4n) is 6.71. The van der Waals surface area contributed by atoms with Crippen LogP contribution in [0.15, 0.2) is 65.6 Å². The molecule has 0 spiro atoms. The number of aryl methyl sites for hydroxylation is 1. The molecule has 12 heteroatoms. The molecule has 3 aromatic carbocycles. The molecular formula is C30H28ClF2NO6S2. The Hall–Kier alpha value is -3.02. The number of benzene rings is 3. The fourth-order valence-corrected chi connectivity index (χ4v) is 11.0. The number of sulfone groups is 2. The van der Waals surface area contributed by atoms with E-state index in [9.17, 15) is 30.4 Å². The van der Waals surface area contributed by atoms with Crippen molar-refractivity contribution in [2.75, 3.05) is 18.1 Å². The second kappa shape index (κ2) is 10.6. The zero-order valence-electron chi connectivity index (χ0n) is 22.4. The molecule has 1 aliphatic carbocycles. The summed E-state index contributed by atoms with van der Waals surface area (Å²) >= 11 is 6.13. The Balaban J connectivity index is 1.38. The Morgan fingerprint density at radius 3 is 2.45 bits per heavy atom. The van der Waals surface area contributed by atoms with E-state index in [-0.39, 0.29) is 53.3 Å². The van der Waals surface area contributed by atoms with Gasteiger partial charge in [0.05, 0.1) is 33.4 Å². The van der Waals surface area contributed by atoms with Gasteiger partial charge in [0, 0.05) is 12.1 Å². The summed E-state index contributed by atoms with van der Waals surface area (Å²) in [4.78, 5) is 15.2. The van der Waals surface area contributed by atoms with E-state index >= 15 is 0 Å². The highest BCUT2D eigenvalue weighted by Gasteiger charge is 2.61. The van der Waals surface area contributed by atoms with Gasteiger partial charge in [-0.05, 0) is 85.3 Å². The molecule has 7 nitrogen and oxygen atoms in total. The maximum Gasteiger partial charge on any atom is 0.227 e. The molecule has 1 unspecified atom stereocenters. The number of hydrogen-bond acceptors (Lipinski definition) is 6. The average Bonchev–Trinajstić information content (AvgIpc) is 3.53. The van der Waals surface area contributed by atoms with E-state index < -0.39 is 48.0 Å². The smallest absolute Gasteiger partial charge is 0.227 e. The summed E-state index contributed by atoms with van der Waals surface area (Å²) in [7, 11) is -7.47. The highest BCUT2D eigenvalue weighted by atomic mass is 35.5. The second-order valence-electron chi connectivity index (χ2n) is 11.1. The van der Waals surface area contributed by atoms with E-state index in [0.29, 0.717) is 29.7 Å². The Morgan fingerprint density at radius 2 is 1.76 bits per heavy atom. The van der Waals surface area contributed by atoms with E-state index in [1.165, 1.54) is 30.3 Å². The molecule has 2 saturated heterocycles. The number of amides is 1. The summed E-state index contributed by atoms with van der Waals surface area (Å²) in [5.74, 6) is -1.88. The van der Waals surface area contributed by atoms with Crippen molar-refractivity contribution >= 4 is 37.2 Å². The Kier molecular flexibility index (Phi) is 7.34. The van der Waals surface area contributed by atoms with E-state index in [1.54, 1.807) is 23.1 Å². The fraction of sp³-hybridized carbons (Fsp3) is 0.367. The quantitative estimate of drug-likeness (QED) is 0.360. The maximum atomic E-state index is 14.5. The number of fused-ring (bicyclic) bond motifs is 3. The molecule has 0 aromatic heterocycles. The zero-order chi connectivity index (χ0) is 29.9. The Morgan fingerprint density at radius 1 is 1.02 bits per heavy atom. The minimum Gasteiger partial charge on any atom is -0.489 e. The molecule has 0 saturated carbocycles. The highest BCUT2D eigenvalue weighted by Crippen LogP contribution is 2.53. The molecule has 0 radical (unpaired) electrons. The Labute approximate surface area is 248 Å². The lowest BCUT2D eigenvalue weighted by atomic mass is 9.78. The molecule has 3 aromatic rings. The van der Waals surface area contributed by atoms with Crippen LogP contribution in [0.5, 0.6) is 5.75 Å². The first kappa shape index (κ1) is 29.1. The van der Waals surface area contributed by atoms with E-state index in [4.69, 9.17) is 16.3 Å². The minimum absolute atomic E-state index is 0.0502. The van der Waals surface area contributed by atoms with Crippen LogP contribution in [0.3, 0.4) is 0 Å². The number of rotatable bonds is 6. The number of carbonyl (C=O) groups excluding carboxylic acids is 1. The SMILES string of the molecule is O=C(C1CCS(=O)(=O)C1)N1CC[C@@]2(S(=O)(=O)c3ccc(F)cc3)c3ccc(OCc4ccc(F)cc4Cl)cc3CC[C@@H]12. The van der Waals surface area contributed by atoms with Crippen molar-refractivity contribution in [3.8, 4) is 5.75 Å². The predicted molar refractivity (Wildman–Crippen MR) is 153 cm³/mol. The summed E-state index contributed by atoms with van der Waals surface area (Å²) in [6.07, 6.45) is 1.13. The highest BCUT2D eigenvalue weighted by molar-refractivity contribution is 7.92. The van der Waals surface area contributed by atoms with Crippen LogP contribution >= 0.6 is 11.6 Å². The molecule has 2 aliphatic heterocycles. The summed E-state index contributed by atoms with van der Waals surface area (Å²) in [6, 6.07) is 13.1. The van der Waals surface area contributed by atoms with Crippen LogP contribution in [0.25, 0.3) is 0 Å². The predicted octanol–water partition coefficient (Wildman–Crippen LogP) is 4.85. The number of halogens is 3. The molecule has 3 aliphatic rings. The van der Waals surface area contributed by atoms with Crippen LogP contribution in [0, 0.1) is 17.6 Å². The van der Waals surface area contributed by atoms with Gasteiger partial charge in [0.1, 0.15) is 28.7 Å². The largest absolute Gasteiger partial charge is 0.489 e. The lowest BCUT2D eigenvalue weighted by Gasteiger charge is -2.43. The first-order chi connectivity index (χ1) is 19.9. The number of carbonyl (C=O) groups is 1. The van der Waals surface area contributed by atoms with Gasteiger partial charge in [0.25, 0.3) is 0 Å². The number of likely N-dealkylation sites (tertiary alicyclic amines) is 1. The summed E-state index contributed by atoms with van der Waals surface area (Å²) < 4.78 is 84.8. The second-order valence-corrected chi connectivity index (χ2v) is 16.0. The van der Waals surface area contributed by atoms with Gasteiger partial charge >= 0.3 is 0 Å². The van der Waals surface area contributed by atoms with E-state index in [2.05, 4.69) is 0 Å². The topological polar surface area (TPSA) is 97.8 Å². The summed E-state index contributed by atoms with van der Waals surface area (Å²) in [5, 5.41) is 0.228. The summed E-state index contributed by atoms with van der Waals surface area (Å²) in [6.45, 7) is 0.230. The molecule has 2 heterocycles. The van der Waals surface area contributed by atoms with Crippen LogP contribution in [0.2, 0.25) is 5.02 Å². The van der Waals surface area contributed by atoms with Gasteiger partial charge < -0.3 is 9.64 Å². The van der Waals surface area contributed by atoms with Crippen molar-refractivity contribution in [3.63, 3.8) is 0 Å². The zero-order valence-corrected chi connectivity index (χ0v) is 24.8. The van der Waals surface area contributed by atoms with Gasteiger partial charge in [-0.25, -0.2) is 25.6 Å². The first-order valence-corrected chi connectivity index (χ1v) is 17.3. The molecule has 6 rings (SSSR count). The van der Waals surface area contributed by atoms with Crippen molar-refractivity contribution in [3.05, 3.63) is 94.0 Å². The van der Waals surface area contributed by atoms with Gasteiger partial charge in [0.15, 0.2) is 19.7 Å². The van der Waals surface area contributed by atoms with Crippen molar-refractivity contribution in [2.45, 2.75) is 48.0 Å². The standard InChI is InChI=1S/C30H28ClF2NO6S2/c31-27-16-23(33)3-1-20(27)17-40-24-6-9-26-19(15-24)2-10-28-30(26,42(38,39)25-7-4-22(32)5-8-25)12-13-34(28)29(35)21-11-14-41(36,37)18-21/h1,3-9,15-16,21,28H,2,10-14,17-18H2/t21?,28-,30-/m1/s1. The van der Waals surface area contributed by atoms with Crippen molar-refractivity contribution in [1.29, 1.82) is 0 Å². The lowest BCUT2D eigenvalue weighted by molar-refractivity contribution is -0.136. The first-order valence-electron chi connectivity index (χ1n) is 13.6. The van der Waals surface area contributed by atoms with Gasteiger partial charge in [-0.1, -0.05) is 23.7 Å². The lowest BCUT2D eigenvalue weighted by Crippen LogP contribution is -2.53. The maximum absolute atomic E-state index is 14.5. The number of ether oxygens (including phenoxy) is 1. The van der Waals surface area contributed by atoms with Gasteiger partial charge in [-0.3, -0.25) is 4.79 Å². The molecule has 3 atom stereocenters. The van der Waals surface area contributed by atoms with E-state index in [1.807, 2.05) is 0 Å². The van der Waals surface area contributed by atoms with Gasteiger partial charge in [-0.15, -0.1) is 0 Å². The normalized spacial score (nSPS) is 24.7. The molecule has 42 heavy (non-hydrogen) atoms. The van der Waals surface area contributed by atoms with Crippen molar-refractivity contribution < 1.29 is 35.1 Å². The van der Waals surface area contributed by atoms with Crippen molar-refractivity contribution in [2.24, 2.45) is 5.92 Å². The third-order valence-corrected chi connectivity index (χ3v) is 13.4. The van der Waals surface area contributed by atoms with Crippen LogP contribution in [-0.4, -0.2) is 51.7 Å². The number of hydrogen-bond donors (Lipinski definition) is 0. The van der Waals surface area contributed by atoms with Crippen molar-refractivity contribution in [1.82, 2.24) is 4.90 Å². The third kappa shape index (κ3) is 4.89. The van der Waals surface area contributed by atoms with Crippen LogP contribution in [0.1, 0.15) is 36.0 Å². The van der Waals surface area contributed by atoms with Gasteiger partial charge in [-0.2, -0.15) is 0 Å². The molecule has 1 amide bonds. The molecular weight excluding hydrogens is 608 g/mol. The molecule has 0 bridgehead atoms. The van der Waals surface area contributed by atoms with Crippen LogP contribution < -0.4 is 4.74 Å². The Bertz CT molecular complexity index is 1780. The van der Waals surface area contributed by atoms with Gasteiger partial charge in [0.2, 0.25) is 5.91 Å². The van der Waals surface area contributed by atoms with Crippen LogP contribution in [-0.2, 0) is 42.2 Å². The van der Waals surface area contributed by atoms with E-state index in [0.717, 1.165) is 17.7 Å². The average molecular weight is 636 g/mol. The third-order valence-electron chi connectivity index (χ3n) is 8.74. The van der Waals surface area contributed by atoms with Crippen LogP contribution in [0.4, 0.5) is 8.78 Å².